The summed E-state index contributed by atoms with van der Waals surface area (Å²) < 4.78 is 75.2. The van der Waals surface area contributed by atoms with Crippen molar-refractivity contribution in [1.82, 2.24) is 34.6 Å². The number of halogens is 3. The molecule has 16 heteroatoms. The van der Waals surface area contributed by atoms with Crippen LogP contribution in [0.3, 0.4) is 0 Å². The zero-order chi connectivity index (χ0) is 29.4. The van der Waals surface area contributed by atoms with Crippen molar-refractivity contribution >= 4 is 27.0 Å². The number of sulfonamides is 1. The summed E-state index contributed by atoms with van der Waals surface area (Å²) in [4.78, 5) is 4.84. The molecule has 3 aromatic heterocycles. The van der Waals surface area contributed by atoms with Crippen LogP contribution in [0.2, 0.25) is 0 Å². The molecule has 1 fully saturated rings. The Morgan fingerprint density at radius 1 is 1.12 bits per heavy atom. The maximum absolute atomic E-state index is 13.1. The van der Waals surface area contributed by atoms with Gasteiger partial charge in [-0.15, -0.1) is 16.4 Å². The third-order valence-electron chi connectivity index (χ3n) is 6.66. The van der Waals surface area contributed by atoms with Crippen molar-refractivity contribution in [2.24, 2.45) is 0 Å². The first-order valence-electron chi connectivity index (χ1n) is 12.8. The van der Waals surface area contributed by atoms with Crippen LogP contribution in [0.5, 0.6) is 11.8 Å². The van der Waals surface area contributed by atoms with E-state index in [-0.39, 0.29) is 20.8 Å². The molecule has 2 N–H and O–H groups in total. The lowest BCUT2D eigenvalue weighted by Crippen LogP contribution is -2.44. The van der Waals surface area contributed by atoms with Crippen molar-refractivity contribution < 1.29 is 26.3 Å². The van der Waals surface area contributed by atoms with Crippen LogP contribution in [-0.2, 0) is 22.7 Å². The van der Waals surface area contributed by atoms with Gasteiger partial charge in [0.2, 0.25) is 0 Å². The highest BCUT2D eigenvalue weighted by molar-refractivity contribution is 7.91. The van der Waals surface area contributed by atoms with E-state index in [1.54, 1.807) is 11.5 Å². The van der Waals surface area contributed by atoms with Gasteiger partial charge in [0.15, 0.2) is 5.82 Å². The minimum absolute atomic E-state index is 0.000956. The number of nitrogens with one attached hydrogen (secondary N) is 2. The van der Waals surface area contributed by atoms with Gasteiger partial charge in [-0.1, -0.05) is 11.2 Å². The predicted octanol–water partition coefficient (Wildman–Crippen LogP) is 4.35. The molecule has 41 heavy (non-hydrogen) atoms. The quantitative estimate of drug-likeness (QED) is 0.287. The smallest absolute Gasteiger partial charge is 0.424 e. The SMILES string of the molecule is CCn1c(Oc2cccc(N3CCN(C)CC3)c2)nnc1[C@@H](C)NS(=O)(=O)c1ccc(-c2cc(C(F)(F)F)[nH]n2)s1. The molecule has 1 aliphatic rings. The van der Waals surface area contributed by atoms with E-state index in [0.29, 0.717) is 18.1 Å². The van der Waals surface area contributed by atoms with E-state index in [2.05, 4.69) is 36.9 Å². The molecule has 0 amide bonds. The van der Waals surface area contributed by atoms with E-state index < -0.39 is 27.9 Å². The van der Waals surface area contributed by atoms with Crippen molar-refractivity contribution in [1.29, 1.82) is 0 Å². The molecular formula is C25H29F3N8O3S2. The number of aromatic nitrogens is 5. The van der Waals surface area contributed by atoms with Crippen LogP contribution in [0, 0.1) is 0 Å². The number of piperazine rings is 1. The minimum atomic E-state index is -4.58. The van der Waals surface area contributed by atoms with Gasteiger partial charge < -0.3 is 14.5 Å². The van der Waals surface area contributed by atoms with Gasteiger partial charge in [0.05, 0.1) is 10.9 Å². The van der Waals surface area contributed by atoms with Crippen molar-refractivity contribution in [3.05, 3.63) is 54.0 Å². The largest absolute Gasteiger partial charge is 0.432 e. The molecule has 0 saturated carbocycles. The predicted molar refractivity (Wildman–Crippen MR) is 148 cm³/mol. The summed E-state index contributed by atoms with van der Waals surface area (Å²) in [5, 5.41) is 13.9. The van der Waals surface area contributed by atoms with Crippen LogP contribution in [0.4, 0.5) is 18.9 Å². The second-order valence-corrected chi connectivity index (χ2v) is 12.6. The number of aromatic amines is 1. The zero-order valence-electron chi connectivity index (χ0n) is 22.5. The van der Waals surface area contributed by atoms with Crippen LogP contribution in [0.25, 0.3) is 10.6 Å². The molecule has 4 heterocycles. The van der Waals surface area contributed by atoms with Gasteiger partial charge >= 0.3 is 12.2 Å². The number of hydrogen-bond donors (Lipinski definition) is 2. The summed E-state index contributed by atoms with van der Waals surface area (Å²) in [5.74, 6) is 0.932. The summed E-state index contributed by atoms with van der Waals surface area (Å²) >= 11 is 0.810. The summed E-state index contributed by atoms with van der Waals surface area (Å²) in [5.41, 5.74) is 0.0281. The number of nitrogens with zero attached hydrogens (tertiary/aromatic N) is 6. The average Bonchev–Trinajstić information content (AvgIpc) is 3.68. The van der Waals surface area contributed by atoms with Gasteiger partial charge in [0.25, 0.3) is 10.0 Å². The second kappa shape index (κ2) is 11.4. The second-order valence-electron chi connectivity index (χ2n) is 9.60. The normalized spacial score (nSPS) is 15.8. The Balaban J connectivity index is 1.29. The summed E-state index contributed by atoms with van der Waals surface area (Å²) in [6.45, 7) is 7.69. The van der Waals surface area contributed by atoms with Crippen LogP contribution in [0.15, 0.2) is 46.7 Å². The first-order valence-corrected chi connectivity index (χ1v) is 15.1. The molecule has 1 atom stereocenters. The lowest BCUT2D eigenvalue weighted by Gasteiger charge is -2.34. The number of alkyl halides is 3. The Bertz CT molecular complexity index is 1610. The molecule has 0 aliphatic carbocycles. The highest BCUT2D eigenvalue weighted by Gasteiger charge is 2.33. The van der Waals surface area contributed by atoms with Gasteiger partial charge in [-0.2, -0.15) is 23.0 Å². The van der Waals surface area contributed by atoms with Gasteiger partial charge in [0.1, 0.15) is 21.3 Å². The lowest BCUT2D eigenvalue weighted by atomic mass is 10.2. The first kappa shape index (κ1) is 29.0. The molecule has 4 aromatic rings. The third-order valence-corrected chi connectivity index (χ3v) is 9.80. The van der Waals surface area contributed by atoms with E-state index in [0.717, 1.165) is 49.3 Å². The van der Waals surface area contributed by atoms with Crippen LogP contribution in [-0.4, -0.2) is 71.5 Å². The Kier molecular flexibility index (Phi) is 8.09. The van der Waals surface area contributed by atoms with E-state index in [4.69, 9.17) is 4.74 Å². The van der Waals surface area contributed by atoms with E-state index in [9.17, 15) is 21.6 Å². The Morgan fingerprint density at radius 2 is 1.88 bits per heavy atom. The molecule has 5 rings (SSSR count). The number of benzene rings is 1. The molecule has 1 saturated heterocycles. The number of anilines is 1. The van der Waals surface area contributed by atoms with Gasteiger partial charge in [-0.3, -0.25) is 9.67 Å². The summed E-state index contributed by atoms with van der Waals surface area (Å²) in [7, 11) is -1.94. The molecule has 1 aromatic carbocycles. The van der Waals surface area contributed by atoms with Gasteiger partial charge in [0, 0.05) is 44.5 Å². The molecule has 0 unspecified atom stereocenters. The van der Waals surface area contributed by atoms with Crippen molar-refractivity contribution in [2.45, 2.75) is 36.8 Å². The van der Waals surface area contributed by atoms with E-state index in [1.165, 1.54) is 12.1 Å². The number of thiophene rings is 1. The van der Waals surface area contributed by atoms with Crippen molar-refractivity contribution in [2.75, 3.05) is 38.1 Å². The maximum Gasteiger partial charge on any atom is 0.432 e. The van der Waals surface area contributed by atoms with E-state index in [1.807, 2.05) is 36.3 Å². The Hall–Kier alpha value is -3.47. The fraction of sp³-hybridized carbons (Fsp3) is 0.400. The molecule has 11 nitrogen and oxygen atoms in total. The van der Waals surface area contributed by atoms with Crippen molar-refractivity contribution in [3.8, 4) is 22.3 Å². The topological polar surface area (TPSA) is 121 Å². The monoisotopic (exact) mass is 610 g/mol. The van der Waals surface area contributed by atoms with Gasteiger partial charge in [-0.05, 0) is 51.2 Å². The average molecular weight is 611 g/mol. The third kappa shape index (κ3) is 6.39. The molecule has 220 valence electrons. The van der Waals surface area contributed by atoms with Crippen LogP contribution in [0.1, 0.15) is 31.4 Å². The standard InChI is InChI=1S/C25H29F3N8O3S2/c1-4-36-23(31-32-24(36)39-18-7-5-6-17(14-18)35-12-10-34(3)11-13-35)16(2)33-41(37,38)22-9-8-20(40-22)19-15-21(30-29-19)25(26,27)28/h5-9,14-16,33H,4,10-13H2,1-3H3,(H,29,30)/t16-/m1/s1. The highest BCUT2D eigenvalue weighted by Crippen LogP contribution is 2.34. The zero-order valence-corrected chi connectivity index (χ0v) is 24.1. The Morgan fingerprint density at radius 3 is 2.56 bits per heavy atom. The highest BCUT2D eigenvalue weighted by atomic mass is 32.2. The minimum Gasteiger partial charge on any atom is -0.424 e. The Labute approximate surface area is 239 Å². The van der Waals surface area contributed by atoms with Crippen LogP contribution >= 0.6 is 11.3 Å². The number of ether oxygens (including phenoxy) is 1. The number of hydrogen-bond acceptors (Lipinski definition) is 9. The first-order chi connectivity index (χ1) is 19.4. The number of rotatable bonds is 9. The fourth-order valence-electron chi connectivity index (χ4n) is 4.45. The summed E-state index contributed by atoms with van der Waals surface area (Å²) in [6, 6.07) is 10.7. The van der Waals surface area contributed by atoms with Crippen LogP contribution < -0.4 is 14.4 Å². The molecule has 0 spiro atoms. The molecular weight excluding hydrogens is 581 g/mol. The fourth-order valence-corrected chi connectivity index (χ4v) is 6.93. The van der Waals surface area contributed by atoms with Crippen molar-refractivity contribution in [3.63, 3.8) is 0 Å². The number of likely N-dealkylation sites (N-methyl/N-ethyl adjacent to an activating group) is 1. The van der Waals surface area contributed by atoms with Gasteiger partial charge in [-0.25, -0.2) is 8.42 Å². The maximum atomic E-state index is 13.1. The summed E-state index contributed by atoms with van der Waals surface area (Å²) in [6.07, 6.45) is -4.58. The molecule has 0 radical (unpaired) electrons. The lowest BCUT2D eigenvalue weighted by molar-refractivity contribution is -0.141. The number of H-pyrrole nitrogens is 1. The van der Waals surface area contributed by atoms with E-state index >= 15 is 0 Å². The molecule has 0 bridgehead atoms. The molecule has 1 aliphatic heterocycles.